The molecule has 4 aliphatic carbocycles. The largest absolute Gasteiger partial charge is 0.393 e. The molecule has 0 heterocycles. The predicted octanol–water partition coefficient (Wildman–Crippen LogP) is 4.67. The molecule has 0 aromatic carbocycles. The van der Waals surface area contributed by atoms with E-state index in [0.717, 1.165) is 44.9 Å². The van der Waals surface area contributed by atoms with Crippen LogP contribution in [-0.2, 0) is 9.59 Å². The van der Waals surface area contributed by atoms with E-state index in [-0.39, 0.29) is 28.6 Å². The minimum Gasteiger partial charge on any atom is -0.393 e. The minimum absolute atomic E-state index is 0.0392. The summed E-state index contributed by atoms with van der Waals surface area (Å²) in [4.78, 5) is 26.3. The number of fused-ring (bicyclic) bond motifs is 5. The Bertz CT molecular complexity index is 637. The first-order valence-electron chi connectivity index (χ1n) is 10.2. The standard InChI is InChI=1S/C21H30Br2O3/c1-19-7-5-13(24)9-12(19)3-4-14-15-6-8-21(23,17(26)11-22)20(15,2)10-16(25)18(14)19/h12-15,18,24H,3-11H2,1-2H3/t12?,13-,14+,15+,18-,19+,20+,21+/m1/s1. The van der Waals surface area contributed by atoms with E-state index in [1.54, 1.807) is 0 Å². The van der Waals surface area contributed by atoms with Gasteiger partial charge >= 0.3 is 0 Å². The van der Waals surface area contributed by atoms with Crippen molar-refractivity contribution in [3.05, 3.63) is 0 Å². The van der Waals surface area contributed by atoms with Crippen LogP contribution >= 0.6 is 31.9 Å². The summed E-state index contributed by atoms with van der Waals surface area (Å²) in [6.07, 6.45) is 7.07. The third-order valence-electron chi connectivity index (χ3n) is 8.98. The summed E-state index contributed by atoms with van der Waals surface area (Å²) in [7, 11) is 0. The zero-order chi connectivity index (χ0) is 18.9. The monoisotopic (exact) mass is 488 g/mol. The van der Waals surface area contributed by atoms with Crippen molar-refractivity contribution in [1.29, 1.82) is 0 Å². The third kappa shape index (κ3) is 2.45. The zero-order valence-electron chi connectivity index (χ0n) is 15.8. The van der Waals surface area contributed by atoms with Crippen molar-refractivity contribution >= 4 is 43.4 Å². The summed E-state index contributed by atoms with van der Waals surface area (Å²) < 4.78 is -0.560. The van der Waals surface area contributed by atoms with E-state index in [4.69, 9.17) is 0 Å². The fourth-order valence-electron chi connectivity index (χ4n) is 7.59. The van der Waals surface area contributed by atoms with Gasteiger partial charge in [0, 0.05) is 12.3 Å². The fourth-order valence-corrected chi connectivity index (χ4v) is 9.25. The normalized spacial score (nSPS) is 53.6. The van der Waals surface area contributed by atoms with Crippen LogP contribution < -0.4 is 0 Å². The Morgan fingerprint density at radius 2 is 1.92 bits per heavy atom. The molecule has 26 heavy (non-hydrogen) atoms. The number of alkyl halides is 2. The average molecular weight is 490 g/mol. The molecular formula is C21H30Br2O3. The van der Waals surface area contributed by atoms with E-state index in [1.165, 1.54) is 0 Å². The Balaban J connectivity index is 1.70. The average Bonchev–Trinajstić information content (AvgIpc) is 2.86. The van der Waals surface area contributed by atoms with Gasteiger partial charge in [-0.2, -0.15) is 0 Å². The number of Topliss-reactive ketones (excluding diaryl/α,β-unsaturated/α-hetero) is 2. The summed E-state index contributed by atoms with van der Waals surface area (Å²) >= 11 is 7.20. The highest BCUT2D eigenvalue weighted by Crippen LogP contribution is 2.69. The van der Waals surface area contributed by atoms with E-state index in [0.29, 0.717) is 35.3 Å². The van der Waals surface area contributed by atoms with E-state index in [1.807, 2.05) is 0 Å². The zero-order valence-corrected chi connectivity index (χ0v) is 18.9. The molecule has 146 valence electrons. The van der Waals surface area contributed by atoms with E-state index in [2.05, 4.69) is 45.7 Å². The molecule has 0 radical (unpaired) electrons. The van der Waals surface area contributed by atoms with Gasteiger partial charge in [-0.3, -0.25) is 9.59 Å². The molecule has 0 saturated heterocycles. The number of carbonyl (C=O) groups excluding carboxylic acids is 2. The van der Waals surface area contributed by atoms with Gasteiger partial charge in [-0.15, -0.1) is 0 Å². The summed E-state index contributed by atoms with van der Waals surface area (Å²) in [6.45, 7) is 4.51. The number of hydrogen-bond acceptors (Lipinski definition) is 3. The number of rotatable bonds is 2. The Labute approximate surface area is 173 Å². The van der Waals surface area contributed by atoms with Crippen molar-refractivity contribution in [3.8, 4) is 0 Å². The lowest BCUT2D eigenvalue weighted by Gasteiger charge is -2.60. The first-order chi connectivity index (χ1) is 12.2. The van der Waals surface area contributed by atoms with Crippen LogP contribution in [0.5, 0.6) is 0 Å². The number of halogens is 2. The lowest BCUT2D eigenvalue weighted by Crippen LogP contribution is -2.60. The second-order valence-electron chi connectivity index (χ2n) is 9.91. The molecule has 4 aliphatic rings. The highest BCUT2D eigenvalue weighted by atomic mass is 79.9. The van der Waals surface area contributed by atoms with Crippen molar-refractivity contribution in [2.45, 2.75) is 75.6 Å². The van der Waals surface area contributed by atoms with Crippen molar-refractivity contribution in [2.75, 3.05) is 5.33 Å². The van der Waals surface area contributed by atoms with Crippen LogP contribution in [0.25, 0.3) is 0 Å². The summed E-state index contributed by atoms with van der Waals surface area (Å²) in [6, 6.07) is 0. The molecule has 0 amide bonds. The van der Waals surface area contributed by atoms with Crippen LogP contribution in [0.4, 0.5) is 0 Å². The van der Waals surface area contributed by atoms with E-state index >= 15 is 0 Å². The molecule has 3 nitrogen and oxygen atoms in total. The number of aliphatic hydroxyl groups excluding tert-OH is 1. The molecule has 0 aliphatic heterocycles. The fraction of sp³-hybridized carbons (Fsp3) is 0.905. The lowest BCUT2D eigenvalue weighted by molar-refractivity contribution is -0.160. The number of hydrogen-bond donors (Lipinski definition) is 1. The molecule has 4 saturated carbocycles. The maximum atomic E-state index is 13.5. The van der Waals surface area contributed by atoms with E-state index in [9.17, 15) is 14.7 Å². The number of aliphatic hydroxyl groups is 1. The molecule has 1 unspecified atom stereocenters. The van der Waals surface area contributed by atoms with Gasteiger partial charge in [0.1, 0.15) is 5.78 Å². The smallest absolute Gasteiger partial charge is 0.160 e. The Morgan fingerprint density at radius 3 is 2.62 bits per heavy atom. The summed E-state index contributed by atoms with van der Waals surface area (Å²) in [5, 5.41) is 10.5. The molecule has 4 rings (SSSR count). The van der Waals surface area contributed by atoms with Crippen LogP contribution in [0.1, 0.15) is 65.2 Å². The molecular weight excluding hydrogens is 460 g/mol. The highest BCUT2D eigenvalue weighted by Gasteiger charge is 2.68. The summed E-state index contributed by atoms with van der Waals surface area (Å²) in [5.41, 5.74) is -0.231. The second-order valence-corrected chi connectivity index (χ2v) is 11.8. The quantitative estimate of drug-likeness (QED) is 0.573. The lowest BCUT2D eigenvalue weighted by atomic mass is 9.44. The Kier molecular flexibility index (Phi) is 4.80. The molecule has 0 spiro atoms. The van der Waals surface area contributed by atoms with Gasteiger partial charge < -0.3 is 5.11 Å². The molecule has 8 atom stereocenters. The van der Waals surface area contributed by atoms with Crippen molar-refractivity contribution in [1.82, 2.24) is 0 Å². The number of ketones is 2. The van der Waals surface area contributed by atoms with Crippen LogP contribution in [0.2, 0.25) is 0 Å². The SMILES string of the molecule is C[C@]12CC[C@@H](O)CC1CC[C@@H]1[C@@H]2C(=O)C[C@@]2(C)[C@H]1CC[C@]2(Br)C(=O)CBr. The molecule has 5 heteroatoms. The molecule has 0 aromatic heterocycles. The van der Waals surface area contributed by atoms with Gasteiger partial charge in [0.25, 0.3) is 0 Å². The van der Waals surface area contributed by atoms with Crippen LogP contribution in [0.15, 0.2) is 0 Å². The van der Waals surface area contributed by atoms with Crippen LogP contribution in [-0.4, -0.2) is 32.4 Å². The topological polar surface area (TPSA) is 54.4 Å². The maximum Gasteiger partial charge on any atom is 0.160 e. The van der Waals surface area contributed by atoms with Crippen molar-refractivity contribution < 1.29 is 14.7 Å². The van der Waals surface area contributed by atoms with Gasteiger partial charge in [0.05, 0.1) is 15.8 Å². The minimum atomic E-state index is -0.560. The maximum absolute atomic E-state index is 13.5. The molecule has 4 fully saturated rings. The Hall–Kier alpha value is 0.260. The van der Waals surface area contributed by atoms with Crippen molar-refractivity contribution in [2.24, 2.45) is 34.5 Å². The highest BCUT2D eigenvalue weighted by molar-refractivity contribution is 9.11. The first-order valence-corrected chi connectivity index (χ1v) is 12.1. The van der Waals surface area contributed by atoms with Gasteiger partial charge in [0.2, 0.25) is 0 Å². The summed E-state index contributed by atoms with van der Waals surface area (Å²) in [5.74, 6) is 2.01. The van der Waals surface area contributed by atoms with Gasteiger partial charge in [-0.1, -0.05) is 45.7 Å². The van der Waals surface area contributed by atoms with E-state index < -0.39 is 4.32 Å². The molecule has 0 bridgehead atoms. The first kappa shape index (κ1) is 19.6. The second kappa shape index (κ2) is 6.38. The van der Waals surface area contributed by atoms with Crippen LogP contribution in [0, 0.1) is 34.5 Å². The van der Waals surface area contributed by atoms with Gasteiger partial charge in [-0.25, -0.2) is 0 Å². The van der Waals surface area contributed by atoms with Crippen molar-refractivity contribution in [3.63, 3.8) is 0 Å². The molecule has 1 N–H and O–H groups in total. The van der Waals surface area contributed by atoms with Crippen LogP contribution in [0.3, 0.4) is 0 Å². The van der Waals surface area contributed by atoms with Gasteiger partial charge in [0.15, 0.2) is 5.78 Å². The number of carbonyl (C=O) groups is 2. The molecule has 0 aromatic rings. The van der Waals surface area contributed by atoms with Gasteiger partial charge in [-0.05, 0) is 73.5 Å². The third-order valence-corrected chi connectivity index (χ3v) is 11.2. The Morgan fingerprint density at radius 1 is 1.19 bits per heavy atom. The predicted molar refractivity (Wildman–Crippen MR) is 109 cm³/mol.